The standard InChI is InChI=1S/C19H23N5O/c1-13-6-7-17(9-14(13)2)22-19(25)20-8-4-5-16-11-21-18-10-15(3)23-24(18)12-16/h6-7,9-12H,4-5,8H2,1-3H3,(H2,20,22,25). The Morgan fingerprint density at radius 2 is 2.00 bits per heavy atom. The number of aryl methyl sites for hydroxylation is 4. The summed E-state index contributed by atoms with van der Waals surface area (Å²) in [6.45, 7) is 6.64. The number of carbonyl (C=O) groups excluding carboxylic acids is 1. The van der Waals surface area contributed by atoms with Gasteiger partial charge in [-0.05, 0) is 62.4 Å². The molecule has 2 aromatic heterocycles. The van der Waals surface area contributed by atoms with Gasteiger partial charge in [0.1, 0.15) is 0 Å². The van der Waals surface area contributed by atoms with Gasteiger partial charge in [-0.15, -0.1) is 0 Å². The molecule has 0 fully saturated rings. The van der Waals surface area contributed by atoms with E-state index in [9.17, 15) is 4.79 Å². The minimum absolute atomic E-state index is 0.181. The zero-order valence-electron chi connectivity index (χ0n) is 14.8. The number of carbonyl (C=O) groups is 1. The van der Waals surface area contributed by atoms with Gasteiger partial charge in [-0.25, -0.2) is 14.3 Å². The maximum absolute atomic E-state index is 11.9. The van der Waals surface area contributed by atoms with E-state index in [1.165, 1.54) is 5.56 Å². The van der Waals surface area contributed by atoms with E-state index in [1.54, 1.807) is 4.52 Å². The molecule has 6 heteroatoms. The molecular weight excluding hydrogens is 314 g/mol. The van der Waals surface area contributed by atoms with Crippen LogP contribution in [-0.2, 0) is 6.42 Å². The van der Waals surface area contributed by atoms with Crippen molar-refractivity contribution >= 4 is 17.4 Å². The zero-order chi connectivity index (χ0) is 17.8. The van der Waals surface area contributed by atoms with Crippen LogP contribution >= 0.6 is 0 Å². The molecule has 0 spiro atoms. The molecule has 0 saturated heterocycles. The molecule has 3 rings (SSSR count). The number of aromatic nitrogens is 3. The van der Waals surface area contributed by atoms with Gasteiger partial charge in [-0.2, -0.15) is 5.10 Å². The first-order valence-electron chi connectivity index (χ1n) is 8.44. The summed E-state index contributed by atoms with van der Waals surface area (Å²) < 4.78 is 1.80. The van der Waals surface area contributed by atoms with Gasteiger partial charge >= 0.3 is 6.03 Å². The average Bonchev–Trinajstić information content (AvgIpc) is 2.94. The van der Waals surface area contributed by atoms with E-state index in [4.69, 9.17) is 0 Å². The minimum Gasteiger partial charge on any atom is -0.338 e. The number of hydrogen-bond donors (Lipinski definition) is 2. The smallest absolute Gasteiger partial charge is 0.319 e. The molecule has 0 radical (unpaired) electrons. The average molecular weight is 337 g/mol. The quantitative estimate of drug-likeness (QED) is 0.701. The van der Waals surface area contributed by atoms with Crippen LogP contribution in [0.2, 0.25) is 0 Å². The number of nitrogens with zero attached hydrogens (tertiary/aromatic N) is 3. The van der Waals surface area contributed by atoms with Crippen LogP contribution in [0, 0.1) is 20.8 Å². The lowest BCUT2D eigenvalue weighted by molar-refractivity contribution is 0.252. The topological polar surface area (TPSA) is 71.3 Å². The predicted molar refractivity (Wildman–Crippen MR) is 99.0 cm³/mol. The van der Waals surface area contributed by atoms with Crippen molar-refractivity contribution in [2.24, 2.45) is 0 Å². The fourth-order valence-corrected chi connectivity index (χ4v) is 2.65. The Balaban J connectivity index is 1.45. The maximum Gasteiger partial charge on any atom is 0.319 e. The zero-order valence-corrected chi connectivity index (χ0v) is 14.8. The first kappa shape index (κ1) is 17.0. The SMILES string of the molecule is Cc1cc2ncc(CCCNC(=O)Nc3ccc(C)c(C)c3)cn2n1. The van der Waals surface area contributed by atoms with E-state index in [0.717, 1.165) is 41.0 Å². The van der Waals surface area contributed by atoms with E-state index < -0.39 is 0 Å². The molecule has 2 amide bonds. The molecule has 2 heterocycles. The summed E-state index contributed by atoms with van der Waals surface area (Å²) in [6.07, 6.45) is 5.54. The van der Waals surface area contributed by atoms with Gasteiger partial charge in [0.25, 0.3) is 0 Å². The van der Waals surface area contributed by atoms with Crippen molar-refractivity contribution in [2.75, 3.05) is 11.9 Å². The number of amides is 2. The van der Waals surface area contributed by atoms with Crippen LogP contribution < -0.4 is 10.6 Å². The Labute approximate surface area is 147 Å². The summed E-state index contributed by atoms with van der Waals surface area (Å²) in [7, 11) is 0. The molecule has 0 unspecified atom stereocenters. The maximum atomic E-state index is 11.9. The highest BCUT2D eigenvalue weighted by molar-refractivity contribution is 5.89. The Morgan fingerprint density at radius 3 is 2.80 bits per heavy atom. The molecule has 1 aromatic carbocycles. The molecular formula is C19H23N5O. The van der Waals surface area contributed by atoms with Gasteiger partial charge in [-0.3, -0.25) is 0 Å². The Hall–Kier alpha value is -2.89. The summed E-state index contributed by atoms with van der Waals surface area (Å²) in [5.41, 5.74) is 6.09. The lowest BCUT2D eigenvalue weighted by atomic mass is 10.1. The van der Waals surface area contributed by atoms with Crippen molar-refractivity contribution in [3.05, 3.63) is 59.0 Å². The Bertz CT molecular complexity index is 900. The second kappa shape index (κ2) is 7.34. The first-order chi connectivity index (χ1) is 12.0. The minimum atomic E-state index is -0.181. The summed E-state index contributed by atoms with van der Waals surface area (Å²) in [4.78, 5) is 16.3. The highest BCUT2D eigenvalue weighted by atomic mass is 16.2. The van der Waals surface area contributed by atoms with Crippen LogP contribution in [0.15, 0.2) is 36.7 Å². The van der Waals surface area contributed by atoms with Gasteiger partial charge in [-0.1, -0.05) is 6.07 Å². The number of rotatable bonds is 5. The molecule has 25 heavy (non-hydrogen) atoms. The van der Waals surface area contributed by atoms with Crippen LogP contribution in [0.1, 0.15) is 28.8 Å². The summed E-state index contributed by atoms with van der Waals surface area (Å²) in [5, 5.41) is 10.1. The number of benzene rings is 1. The van der Waals surface area contributed by atoms with Crippen molar-refractivity contribution in [3.8, 4) is 0 Å². The molecule has 0 saturated carbocycles. The number of fused-ring (bicyclic) bond motifs is 1. The van der Waals surface area contributed by atoms with E-state index in [-0.39, 0.29) is 6.03 Å². The molecule has 3 aromatic rings. The third-order valence-electron chi connectivity index (χ3n) is 4.18. The van der Waals surface area contributed by atoms with E-state index in [1.807, 2.05) is 50.5 Å². The molecule has 0 bridgehead atoms. The largest absolute Gasteiger partial charge is 0.338 e. The molecule has 130 valence electrons. The first-order valence-corrected chi connectivity index (χ1v) is 8.44. The summed E-state index contributed by atoms with van der Waals surface area (Å²) in [5.74, 6) is 0. The van der Waals surface area contributed by atoms with E-state index in [2.05, 4.69) is 27.6 Å². The van der Waals surface area contributed by atoms with E-state index >= 15 is 0 Å². The molecule has 0 atom stereocenters. The molecule has 6 nitrogen and oxygen atoms in total. The molecule has 0 aliphatic rings. The highest BCUT2D eigenvalue weighted by Crippen LogP contribution is 2.13. The van der Waals surface area contributed by atoms with Gasteiger partial charge in [0, 0.05) is 30.7 Å². The van der Waals surface area contributed by atoms with Crippen molar-refractivity contribution < 1.29 is 4.79 Å². The van der Waals surface area contributed by atoms with Gasteiger partial charge in [0.15, 0.2) is 5.65 Å². The molecule has 0 aliphatic carbocycles. The van der Waals surface area contributed by atoms with Crippen LogP contribution in [-0.4, -0.2) is 27.2 Å². The lowest BCUT2D eigenvalue weighted by Gasteiger charge is -2.09. The second-order valence-electron chi connectivity index (χ2n) is 6.33. The highest BCUT2D eigenvalue weighted by Gasteiger charge is 2.04. The van der Waals surface area contributed by atoms with Gasteiger partial charge in [0.05, 0.1) is 5.69 Å². The van der Waals surface area contributed by atoms with Crippen molar-refractivity contribution in [3.63, 3.8) is 0 Å². The van der Waals surface area contributed by atoms with Crippen molar-refractivity contribution in [1.29, 1.82) is 0 Å². The molecule has 0 aliphatic heterocycles. The monoisotopic (exact) mass is 337 g/mol. The fourth-order valence-electron chi connectivity index (χ4n) is 2.65. The summed E-state index contributed by atoms with van der Waals surface area (Å²) >= 11 is 0. The summed E-state index contributed by atoms with van der Waals surface area (Å²) in [6, 6.07) is 7.66. The van der Waals surface area contributed by atoms with Crippen LogP contribution in [0.5, 0.6) is 0 Å². The Morgan fingerprint density at radius 1 is 1.16 bits per heavy atom. The number of anilines is 1. The van der Waals surface area contributed by atoms with Crippen molar-refractivity contribution in [1.82, 2.24) is 19.9 Å². The normalized spacial score (nSPS) is 10.8. The van der Waals surface area contributed by atoms with Gasteiger partial charge < -0.3 is 10.6 Å². The Kier molecular flexibility index (Phi) is 4.97. The van der Waals surface area contributed by atoms with E-state index in [0.29, 0.717) is 6.54 Å². The van der Waals surface area contributed by atoms with Crippen LogP contribution in [0.25, 0.3) is 5.65 Å². The van der Waals surface area contributed by atoms with Crippen LogP contribution in [0.4, 0.5) is 10.5 Å². The van der Waals surface area contributed by atoms with Crippen molar-refractivity contribution in [2.45, 2.75) is 33.6 Å². The number of hydrogen-bond acceptors (Lipinski definition) is 3. The van der Waals surface area contributed by atoms with Crippen LogP contribution in [0.3, 0.4) is 0 Å². The predicted octanol–water partition coefficient (Wildman–Crippen LogP) is 3.41. The third kappa shape index (κ3) is 4.35. The second-order valence-corrected chi connectivity index (χ2v) is 6.33. The fraction of sp³-hybridized carbons (Fsp3) is 0.316. The lowest BCUT2D eigenvalue weighted by Crippen LogP contribution is -2.29. The third-order valence-corrected chi connectivity index (χ3v) is 4.18. The number of nitrogens with one attached hydrogen (secondary N) is 2. The molecule has 2 N–H and O–H groups in total. The number of urea groups is 1. The van der Waals surface area contributed by atoms with Gasteiger partial charge in [0.2, 0.25) is 0 Å².